The maximum absolute atomic E-state index is 12.3. The van der Waals surface area contributed by atoms with E-state index in [0.717, 1.165) is 5.69 Å². The normalized spacial score (nSPS) is 14.6. The Balaban J connectivity index is 1.70. The molecule has 128 valence electrons. The number of hydrogen-bond donors (Lipinski definition) is 2. The Hall–Kier alpha value is -2.22. The van der Waals surface area contributed by atoms with Crippen molar-refractivity contribution in [3.05, 3.63) is 71.7 Å². The Morgan fingerprint density at radius 3 is 2.88 bits per heavy atom. The summed E-state index contributed by atoms with van der Waals surface area (Å²) >= 11 is 11.4. The fourth-order valence-corrected chi connectivity index (χ4v) is 3.66. The molecule has 0 atom stereocenters. The quantitative estimate of drug-likeness (QED) is 0.531. The number of H-pyrrole nitrogens is 2. The van der Waals surface area contributed by atoms with Gasteiger partial charge in [-0.25, -0.2) is 4.79 Å². The van der Waals surface area contributed by atoms with Crippen LogP contribution in [0.5, 0.6) is 0 Å². The number of nitrogens with one attached hydrogen (secondary N) is 2. The maximum atomic E-state index is 12.3. The summed E-state index contributed by atoms with van der Waals surface area (Å²) in [5, 5.41) is 1.11. The van der Waals surface area contributed by atoms with Gasteiger partial charge in [0.2, 0.25) is 0 Å². The molecule has 0 radical (unpaired) electrons. The largest absolute Gasteiger partial charge is 0.422 e. The standard InChI is InChI=1S/C17H14ClN3O3S/c18-14-9-3-1-2-4-13(9)24-16(23)11(14)8-21-6-5-12-10(7-21)15(22)20-17(25)19-12/h1-4H,5-8H2,(H2,19,20,22,25). The summed E-state index contributed by atoms with van der Waals surface area (Å²) in [6.07, 6.45) is 0.652. The SMILES string of the molecule is O=c1[nH]c(=S)[nH]c2c1CN(Cc1c(Cl)c3ccccc3oc1=O)CC2. The fourth-order valence-electron chi connectivity index (χ4n) is 3.16. The summed E-state index contributed by atoms with van der Waals surface area (Å²) in [5.74, 6) is 0. The average molecular weight is 376 g/mol. The molecule has 2 aromatic heterocycles. The molecule has 0 spiro atoms. The van der Waals surface area contributed by atoms with Crippen LogP contribution in [-0.2, 0) is 19.5 Å². The van der Waals surface area contributed by atoms with E-state index in [1.54, 1.807) is 12.1 Å². The number of nitrogens with zero attached hydrogens (tertiary/aromatic N) is 1. The fraction of sp³-hybridized carbons (Fsp3) is 0.235. The smallest absolute Gasteiger partial charge is 0.342 e. The number of halogens is 1. The zero-order valence-electron chi connectivity index (χ0n) is 13.1. The topological polar surface area (TPSA) is 82.1 Å². The number of aromatic nitrogens is 2. The van der Waals surface area contributed by atoms with E-state index in [-0.39, 0.29) is 5.56 Å². The predicted octanol–water partition coefficient (Wildman–Crippen LogP) is 2.75. The monoisotopic (exact) mass is 375 g/mol. The Kier molecular flexibility index (Phi) is 4.07. The second-order valence-corrected chi connectivity index (χ2v) is 6.79. The first-order valence-electron chi connectivity index (χ1n) is 7.80. The van der Waals surface area contributed by atoms with E-state index < -0.39 is 5.63 Å². The van der Waals surface area contributed by atoms with Gasteiger partial charge in [-0.1, -0.05) is 23.7 Å². The average Bonchev–Trinajstić information content (AvgIpc) is 2.59. The van der Waals surface area contributed by atoms with Crippen LogP contribution in [0, 0.1) is 4.77 Å². The molecule has 0 aliphatic carbocycles. The van der Waals surface area contributed by atoms with Gasteiger partial charge >= 0.3 is 5.63 Å². The van der Waals surface area contributed by atoms with Crippen LogP contribution in [0.25, 0.3) is 11.0 Å². The Morgan fingerprint density at radius 2 is 2.04 bits per heavy atom. The van der Waals surface area contributed by atoms with E-state index in [9.17, 15) is 9.59 Å². The summed E-state index contributed by atoms with van der Waals surface area (Å²) in [4.78, 5) is 32.1. The van der Waals surface area contributed by atoms with Crippen molar-refractivity contribution >= 4 is 34.8 Å². The van der Waals surface area contributed by atoms with Crippen molar-refractivity contribution in [2.75, 3.05) is 6.54 Å². The summed E-state index contributed by atoms with van der Waals surface area (Å²) in [6.45, 7) is 1.42. The Morgan fingerprint density at radius 1 is 1.24 bits per heavy atom. The van der Waals surface area contributed by atoms with Crippen LogP contribution < -0.4 is 11.2 Å². The number of hydrogen-bond acceptors (Lipinski definition) is 5. The van der Waals surface area contributed by atoms with Crippen LogP contribution in [0.4, 0.5) is 0 Å². The second-order valence-electron chi connectivity index (χ2n) is 6.00. The van der Waals surface area contributed by atoms with E-state index in [1.165, 1.54) is 0 Å². The van der Waals surface area contributed by atoms with Crippen LogP contribution in [0.15, 0.2) is 38.3 Å². The van der Waals surface area contributed by atoms with Gasteiger partial charge in [0.15, 0.2) is 4.77 Å². The molecule has 0 saturated heterocycles. The zero-order chi connectivity index (χ0) is 17.6. The van der Waals surface area contributed by atoms with Crippen molar-refractivity contribution in [1.29, 1.82) is 0 Å². The summed E-state index contributed by atoms with van der Waals surface area (Å²) in [6, 6.07) is 7.17. The van der Waals surface area contributed by atoms with E-state index in [0.29, 0.717) is 57.9 Å². The first-order valence-corrected chi connectivity index (χ1v) is 8.58. The molecule has 0 unspecified atom stereocenters. The lowest BCUT2D eigenvalue weighted by molar-refractivity contribution is 0.238. The third kappa shape index (κ3) is 2.95. The lowest BCUT2D eigenvalue weighted by Crippen LogP contribution is -2.36. The molecule has 6 nitrogen and oxygen atoms in total. The lowest BCUT2D eigenvalue weighted by Gasteiger charge is -2.27. The Labute approximate surface area is 152 Å². The molecule has 8 heteroatoms. The number of para-hydroxylation sites is 1. The highest BCUT2D eigenvalue weighted by molar-refractivity contribution is 7.71. The van der Waals surface area contributed by atoms with Crippen LogP contribution >= 0.6 is 23.8 Å². The van der Waals surface area contributed by atoms with Crippen LogP contribution in [0.2, 0.25) is 5.02 Å². The summed E-state index contributed by atoms with van der Waals surface area (Å²) in [5.41, 5.74) is 1.72. The molecule has 0 fully saturated rings. The molecule has 4 rings (SSSR count). The molecule has 2 N–H and O–H groups in total. The van der Waals surface area contributed by atoms with Gasteiger partial charge in [0.25, 0.3) is 5.56 Å². The van der Waals surface area contributed by atoms with Crippen molar-refractivity contribution < 1.29 is 4.42 Å². The van der Waals surface area contributed by atoms with Gasteiger partial charge in [0.05, 0.1) is 16.1 Å². The summed E-state index contributed by atoms with van der Waals surface area (Å²) in [7, 11) is 0. The van der Waals surface area contributed by atoms with Gasteiger partial charge in [-0.15, -0.1) is 0 Å². The second kappa shape index (κ2) is 6.25. The molecule has 0 amide bonds. The molecular formula is C17H14ClN3O3S. The van der Waals surface area contributed by atoms with Gasteiger partial charge in [-0.05, 0) is 24.4 Å². The highest BCUT2D eigenvalue weighted by atomic mass is 35.5. The third-order valence-corrected chi connectivity index (χ3v) is 5.04. The minimum Gasteiger partial charge on any atom is -0.422 e. The first kappa shape index (κ1) is 16.3. The van der Waals surface area contributed by atoms with Crippen LogP contribution in [-0.4, -0.2) is 21.4 Å². The minimum atomic E-state index is -0.448. The molecular weight excluding hydrogens is 362 g/mol. The third-order valence-electron chi connectivity index (χ3n) is 4.41. The highest BCUT2D eigenvalue weighted by Crippen LogP contribution is 2.26. The van der Waals surface area contributed by atoms with Crippen molar-refractivity contribution in [3.8, 4) is 0 Å². The van der Waals surface area contributed by atoms with E-state index >= 15 is 0 Å². The molecule has 1 aliphatic rings. The van der Waals surface area contributed by atoms with Gasteiger partial charge in [0, 0.05) is 37.1 Å². The molecule has 0 bridgehead atoms. The molecule has 3 heterocycles. The van der Waals surface area contributed by atoms with Crippen molar-refractivity contribution in [2.45, 2.75) is 19.5 Å². The van der Waals surface area contributed by atoms with Gasteiger partial charge in [-0.3, -0.25) is 14.7 Å². The molecule has 0 saturated carbocycles. The van der Waals surface area contributed by atoms with E-state index in [2.05, 4.69) is 9.97 Å². The van der Waals surface area contributed by atoms with Gasteiger partial charge in [0.1, 0.15) is 5.58 Å². The number of fused-ring (bicyclic) bond motifs is 2. The van der Waals surface area contributed by atoms with Crippen molar-refractivity contribution in [3.63, 3.8) is 0 Å². The molecule has 1 aromatic carbocycles. The molecule has 1 aliphatic heterocycles. The predicted molar refractivity (Wildman–Crippen MR) is 97.6 cm³/mol. The maximum Gasteiger partial charge on any atom is 0.342 e. The van der Waals surface area contributed by atoms with Crippen LogP contribution in [0.1, 0.15) is 16.8 Å². The molecule has 3 aromatic rings. The lowest BCUT2D eigenvalue weighted by atomic mass is 10.1. The van der Waals surface area contributed by atoms with Crippen molar-refractivity contribution in [1.82, 2.24) is 14.9 Å². The minimum absolute atomic E-state index is 0.194. The van der Waals surface area contributed by atoms with Gasteiger partial charge in [-0.2, -0.15) is 0 Å². The Bertz CT molecular complexity index is 1150. The van der Waals surface area contributed by atoms with Crippen LogP contribution in [0.3, 0.4) is 0 Å². The molecule has 25 heavy (non-hydrogen) atoms. The number of aromatic amines is 2. The first-order chi connectivity index (χ1) is 12.0. The summed E-state index contributed by atoms with van der Waals surface area (Å²) < 4.78 is 5.70. The number of benzene rings is 1. The van der Waals surface area contributed by atoms with Crippen molar-refractivity contribution in [2.24, 2.45) is 0 Å². The van der Waals surface area contributed by atoms with E-state index in [4.69, 9.17) is 28.2 Å². The number of rotatable bonds is 2. The van der Waals surface area contributed by atoms with Gasteiger partial charge < -0.3 is 9.40 Å². The highest BCUT2D eigenvalue weighted by Gasteiger charge is 2.22. The van der Waals surface area contributed by atoms with E-state index in [1.807, 2.05) is 17.0 Å². The zero-order valence-corrected chi connectivity index (χ0v) is 14.7.